The predicted molar refractivity (Wildman–Crippen MR) is 129 cm³/mol. The van der Waals surface area contributed by atoms with Gasteiger partial charge in [0, 0.05) is 0 Å². The number of rotatable bonds is 4. The first-order chi connectivity index (χ1) is 16.1. The van der Waals surface area contributed by atoms with Crippen LogP contribution in [0, 0.1) is 0 Å². The SMILES string of the molecule is O=S(=O)([O-])C(F)(F)F.O[C@H]1CCCC[C@@H]1[P+](c1ccccc1)(c1ccccc1)c1ccccc1. The molecule has 2 atom stereocenters. The molecule has 0 spiro atoms. The molecular formula is C25H26F3O4PS. The van der Waals surface area contributed by atoms with Crippen LogP contribution in [0.4, 0.5) is 13.2 Å². The molecule has 0 saturated heterocycles. The minimum atomic E-state index is -6.09. The van der Waals surface area contributed by atoms with Crippen LogP contribution in [0.1, 0.15) is 25.7 Å². The van der Waals surface area contributed by atoms with Crippen LogP contribution < -0.4 is 15.9 Å². The van der Waals surface area contributed by atoms with Crippen LogP contribution in [-0.2, 0) is 10.1 Å². The molecule has 3 aromatic carbocycles. The fraction of sp³-hybridized carbons (Fsp3) is 0.280. The lowest BCUT2D eigenvalue weighted by Crippen LogP contribution is -2.45. The Kier molecular flexibility index (Phi) is 8.52. The van der Waals surface area contributed by atoms with Gasteiger partial charge < -0.3 is 9.66 Å². The van der Waals surface area contributed by atoms with E-state index in [-0.39, 0.29) is 11.8 Å². The lowest BCUT2D eigenvalue weighted by molar-refractivity contribution is -0.0517. The Bertz CT molecular complexity index is 1040. The topological polar surface area (TPSA) is 77.4 Å². The third kappa shape index (κ3) is 5.69. The number of hydrogen-bond donors (Lipinski definition) is 1. The van der Waals surface area contributed by atoms with Crippen LogP contribution >= 0.6 is 7.26 Å². The number of aliphatic hydroxyl groups excluding tert-OH is 1. The van der Waals surface area contributed by atoms with Crippen molar-refractivity contribution < 1.29 is 31.2 Å². The molecule has 0 radical (unpaired) electrons. The first-order valence-electron chi connectivity index (χ1n) is 10.8. The third-order valence-electron chi connectivity index (χ3n) is 5.97. The highest BCUT2D eigenvalue weighted by Crippen LogP contribution is 2.63. The van der Waals surface area contributed by atoms with Crippen LogP contribution in [0.2, 0.25) is 0 Å². The van der Waals surface area contributed by atoms with Crippen LogP contribution in [-0.4, -0.2) is 35.3 Å². The molecule has 0 unspecified atom stereocenters. The van der Waals surface area contributed by atoms with Gasteiger partial charge in [-0.05, 0) is 55.7 Å². The normalized spacial score (nSPS) is 19.1. The van der Waals surface area contributed by atoms with Gasteiger partial charge in [0.1, 0.15) is 28.8 Å². The van der Waals surface area contributed by atoms with E-state index in [1.165, 1.54) is 22.3 Å². The molecule has 0 bridgehead atoms. The monoisotopic (exact) mass is 510 g/mol. The zero-order valence-corrected chi connectivity index (χ0v) is 20.0. The zero-order valence-electron chi connectivity index (χ0n) is 18.3. The second kappa shape index (κ2) is 11.0. The summed E-state index contributed by atoms with van der Waals surface area (Å²) in [6.07, 6.45) is 4.11. The van der Waals surface area contributed by atoms with Crippen molar-refractivity contribution in [2.75, 3.05) is 0 Å². The quantitative estimate of drug-likeness (QED) is 0.322. The number of aliphatic hydroxyl groups is 1. The number of hydrogen-bond acceptors (Lipinski definition) is 4. The van der Waals surface area contributed by atoms with E-state index in [1.54, 1.807) is 0 Å². The number of halogens is 3. The van der Waals surface area contributed by atoms with E-state index >= 15 is 0 Å². The van der Waals surface area contributed by atoms with E-state index in [4.69, 9.17) is 13.0 Å². The molecule has 1 fully saturated rings. The van der Waals surface area contributed by atoms with Crippen LogP contribution in [0.5, 0.6) is 0 Å². The Hall–Kier alpha value is -2.25. The summed E-state index contributed by atoms with van der Waals surface area (Å²) in [6.45, 7) is 0. The molecule has 1 aliphatic rings. The van der Waals surface area contributed by atoms with Crippen LogP contribution in [0.25, 0.3) is 0 Å². The van der Waals surface area contributed by atoms with Crippen molar-refractivity contribution in [1.82, 2.24) is 0 Å². The highest BCUT2D eigenvalue weighted by atomic mass is 32.2. The van der Waals surface area contributed by atoms with Crippen molar-refractivity contribution >= 4 is 33.3 Å². The molecule has 4 rings (SSSR count). The van der Waals surface area contributed by atoms with Crippen molar-refractivity contribution in [1.29, 1.82) is 0 Å². The minimum absolute atomic E-state index is 0.238. The molecule has 1 aliphatic carbocycles. The average Bonchev–Trinajstić information content (AvgIpc) is 2.82. The Morgan fingerprint density at radius 1 is 0.735 bits per heavy atom. The molecule has 0 heterocycles. The second-order valence-corrected chi connectivity index (χ2v) is 13.1. The maximum Gasteiger partial charge on any atom is 0.485 e. The average molecular weight is 511 g/mol. The maximum absolute atomic E-state index is 11.1. The molecule has 0 amide bonds. The fourth-order valence-corrected chi connectivity index (χ4v) is 9.76. The smallest absolute Gasteiger partial charge is 0.485 e. The van der Waals surface area contributed by atoms with Gasteiger partial charge in [0.15, 0.2) is 10.1 Å². The summed E-state index contributed by atoms with van der Waals surface area (Å²) in [5.41, 5.74) is -5.36. The maximum atomic E-state index is 11.1. The molecule has 1 N–H and O–H groups in total. The van der Waals surface area contributed by atoms with Crippen molar-refractivity contribution in [2.45, 2.75) is 43.0 Å². The molecule has 4 nitrogen and oxygen atoms in total. The lowest BCUT2D eigenvalue weighted by Gasteiger charge is -2.39. The molecule has 3 aromatic rings. The number of benzene rings is 3. The highest BCUT2D eigenvalue weighted by molar-refractivity contribution is 7.96. The summed E-state index contributed by atoms with van der Waals surface area (Å²) in [5.74, 6) is 0. The van der Waals surface area contributed by atoms with Gasteiger partial charge in [-0.2, -0.15) is 13.2 Å². The van der Waals surface area contributed by atoms with E-state index in [0.29, 0.717) is 0 Å². The minimum Gasteiger partial charge on any atom is -0.741 e. The molecule has 9 heteroatoms. The van der Waals surface area contributed by atoms with Crippen molar-refractivity contribution in [3.63, 3.8) is 0 Å². The molecule has 1 saturated carbocycles. The van der Waals surface area contributed by atoms with E-state index in [2.05, 4.69) is 91.0 Å². The van der Waals surface area contributed by atoms with E-state index in [0.717, 1.165) is 19.3 Å². The van der Waals surface area contributed by atoms with Crippen molar-refractivity contribution in [3.05, 3.63) is 91.0 Å². The Morgan fingerprint density at radius 2 is 1.06 bits per heavy atom. The van der Waals surface area contributed by atoms with Crippen LogP contribution in [0.3, 0.4) is 0 Å². The second-order valence-electron chi connectivity index (χ2n) is 8.05. The predicted octanol–water partition coefficient (Wildman–Crippen LogP) is 4.34. The Labute approximate surface area is 198 Å². The zero-order chi connectivity index (χ0) is 24.8. The Balaban J connectivity index is 0.000000350. The van der Waals surface area contributed by atoms with Crippen molar-refractivity contribution in [3.8, 4) is 0 Å². The van der Waals surface area contributed by atoms with E-state index in [1.807, 2.05) is 0 Å². The van der Waals surface area contributed by atoms with E-state index in [9.17, 15) is 18.3 Å². The summed E-state index contributed by atoms with van der Waals surface area (Å²) in [6, 6.07) is 32.8. The lowest BCUT2D eigenvalue weighted by atomic mass is 9.97. The molecule has 34 heavy (non-hydrogen) atoms. The molecule has 182 valence electrons. The standard InChI is InChI=1S/C24H26OP.CHF3O3S/c25-23-18-10-11-19-24(23)26(20-12-4-1-5-13-20,21-14-6-2-7-15-21)22-16-8-3-9-17-22;2-1(3,4)8(5,6)7/h1-9,12-17,23-25H,10-11,18-19H2;(H,5,6,7)/q+1;/p-1/t23-,24-;/m0./s1. The van der Waals surface area contributed by atoms with Gasteiger partial charge in [-0.15, -0.1) is 0 Å². The van der Waals surface area contributed by atoms with Gasteiger partial charge in [0.25, 0.3) is 0 Å². The largest absolute Gasteiger partial charge is 0.741 e. The summed E-state index contributed by atoms with van der Waals surface area (Å²) in [5, 5.41) is 15.3. The number of alkyl halides is 3. The molecular weight excluding hydrogens is 484 g/mol. The summed E-state index contributed by atoms with van der Waals surface area (Å²) >= 11 is 0. The van der Waals surface area contributed by atoms with Gasteiger partial charge in [-0.3, -0.25) is 0 Å². The summed E-state index contributed by atoms with van der Waals surface area (Å²) in [4.78, 5) is 0. The highest BCUT2D eigenvalue weighted by Gasteiger charge is 2.55. The van der Waals surface area contributed by atoms with Gasteiger partial charge in [0.2, 0.25) is 0 Å². The Morgan fingerprint density at radius 3 is 1.35 bits per heavy atom. The summed E-state index contributed by atoms with van der Waals surface area (Å²) < 4.78 is 58.9. The van der Waals surface area contributed by atoms with Gasteiger partial charge in [-0.25, -0.2) is 8.42 Å². The first-order valence-corrected chi connectivity index (χ1v) is 14.1. The van der Waals surface area contributed by atoms with Crippen molar-refractivity contribution in [2.24, 2.45) is 0 Å². The third-order valence-corrected chi connectivity index (χ3v) is 11.5. The van der Waals surface area contributed by atoms with Gasteiger partial charge in [-0.1, -0.05) is 61.0 Å². The van der Waals surface area contributed by atoms with Gasteiger partial charge >= 0.3 is 5.51 Å². The van der Waals surface area contributed by atoms with Gasteiger partial charge in [0.05, 0.1) is 6.10 Å². The molecule has 0 aromatic heterocycles. The summed E-state index contributed by atoms with van der Waals surface area (Å²) in [7, 11) is -8.03. The molecule has 0 aliphatic heterocycles. The fourth-order valence-electron chi connectivity index (χ4n) is 4.55. The first kappa shape index (κ1) is 26.4. The van der Waals surface area contributed by atoms with E-state index < -0.39 is 22.9 Å². The van der Waals surface area contributed by atoms with Crippen LogP contribution in [0.15, 0.2) is 91.0 Å².